The molecular weight excluding hydrogens is 488 g/mol. The highest BCUT2D eigenvalue weighted by Crippen LogP contribution is 2.31. The Labute approximate surface area is 218 Å². The fourth-order valence-electron chi connectivity index (χ4n) is 4.04. The summed E-state index contributed by atoms with van der Waals surface area (Å²) >= 11 is 5.62. The standard InChI is InChI=1S/C29H20N2O5S/c1-35-28(34)23-15-9-8-14-22(23)25-17-16-21(36-25)18-24-26(32)30(19-10-4-2-5-11-19)29(37)31(27(24)33)20-12-6-3-7-13-20/h2-18H,1H3. The third-order valence-corrected chi connectivity index (χ3v) is 6.15. The van der Waals surface area contributed by atoms with Gasteiger partial charge in [0.1, 0.15) is 17.1 Å². The van der Waals surface area contributed by atoms with E-state index in [1.54, 1.807) is 84.9 Å². The van der Waals surface area contributed by atoms with Gasteiger partial charge in [-0.1, -0.05) is 54.6 Å². The Morgan fingerprint density at radius 2 is 1.32 bits per heavy atom. The summed E-state index contributed by atoms with van der Waals surface area (Å²) in [7, 11) is 1.30. The zero-order valence-corrected chi connectivity index (χ0v) is 20.5. The molecule has 5 rings (SSSR count). The first-order chi connectivity index (χ1) is 18.0. The molecule has 0 radical (unpaired) electrons. The molecule has 0 aliphatic carbocycles. The number of hydrogen-bond donors (Lipinski definition) is 0. The van der Waals surface area contributed by atoms with Crippen molar-refractivity contribution in [3.8, 4) is 11.3 Å². The van der Waals surface area contributed by atoms with E-state index < -0.39 is 17.8 Å². The molecule has 0 saturated carbocycles. The first-order valence-electron chi connectivity index (χ1n) is 11.3. The van der Waals surface area contributed by atoms with Crippen LogP contribution >= 0.6 is 12.2 Å². The fourth-order valence-corrected chi connectivity index (χ4v) is 4.42. The van der Waals surface area contributed by atoms with Crippen LogP contribution in [0, 0.1) is 0 Å². The van der Waals surface area contributed by atoms with E-state index >= 15 is 0 Å². The van der Waals surface area contributed by atoms with E-state index in [4.69, 9.17) is 21.4 Å². The van der Waals surface area contributed by atoms with E-state index in [2.05, 4.69) is 0 Å². The molecule has 1 fully saturated rings. The van der Waals surface area contributed by atoms with Crippen LogP contribution in [0.4, 0.5) is 11.4 Å². The lowest BCUT2D eigenvalue weighted by Crippen LogP contribution is -2.56. The lowest BCUT2D eigenvalue weighted by molar-refractivity contribution is -0.120. The average Bonchev–Trinajstić information content (AvgIpc) is 3.40. The molecule has 1 aromatic heterocycles. The van der Waals surface area contributed by atoms with Gasteiger partial charge >= 0.3 is 5.97 Å². The number of carbonyl (C=O) groups excluding carboxylic acids is 3. The van der Waals surface area contributed by atoms with Crippen LogP contribution in [0.5, 0.6) is 0 Å². The van der Waals surface area contributed by atoms with Crippen LogP contribution in [0.2, 0.25) is 0 Å². The number of carbonyl (C=O) groups is 3. The normalized spacial score (nSPS) is 13.6. The van der Waals surface area contributed by atoms with E-state index in [0.29, 0.717) is 28.3 Å². The number of thiocarbonyl (C=S) groups is 1. The summed E-state index contributed by atoms with van der Waals surface area (Å²) in [4.78, 5) is 42.1. The minimum Gasteiger partial charge on any atom is -0.465 e. The molecule has 1 aliphatic rings. The highest BCUT2D eigenvalue weighted by molar-refractivity contribution is 7.81. The summed E-state index contributed by atoms with van der Waals surface area (Å²) in [6, 6.07) is 27.9. The molecule has 182 valence electrons. The van der Waals surface area contributed by atoms with Crippen molar-refractivity contribution < 1.29 is 23.5 Å². The van der Waals surface area contributed by atoms with Crippen LogP contribution in [0.15, 0.2) is 107 Å². The maximum Gasteiger partial charge on any atom is 0.338 e. The quantitative estimate of drug-likeness (QED) is 0.154. The molecule has 37 heavy (non-hydrogen) atoms. The molecule has 8 heteroatoms. The van der Waals surface area contributed by atoms with Gasteiger partial charge in [0.15, 0.2) is 5.11 Å². The maximum atomic E-state index is 13.6. The van der Waals surface area contributed by atoms with Gasteiger partial charge in [-0.25, -0.2) is 4.79 Å². The Kier molecular flexibility index (Phi) is 6.49. The highest BCUT2D eigenvalue weighted by atomic mass is 32.1. The summed E-state index contributed by atoms with van der Waals surface area (Å²) in [6.07, 6.45) is 1.39. The second-order valence-corrected chi connectivity index (χ2v) is 8.40. The Morgan fingerprint density at radius 3 is 1.89 bits per heavy atom. The van der Waals surface area contributed by atoms with E-state index in [1.807, 2.05) is 12.1 Å². The number of esters is 1. The average molecular weight is 509 g/mol. The van der Waals surface area contributed by atoms with E-state index in [1.165, 1.54) is 23.0 Å². The number of amides is 2. The third-order valence-electron chi connectivity index (χ3n) is 5.79. The van der Waals surface area contributed by atoms with E-state index in [9.17, 15) is 14.4 Å². The van der Waals surface area contributed by atoms with E-state index in [0.717, 1.165) is 0 Å². The lowest BCUT2D eigenvalue weighted by atomic mass is 10.1. The smallest absolute Gasteiger partial charge is 0.338 e. The van der Waals surface area contributed by atoms with Crippen molar-refractivity contribution in [2.75, 3.05) is 16.9 Å². The summed E-state index contributed by atoms with van der Waals surface area (Å²) in [5.74, 6) is -0.989. The number of nitrogens with zero attached hydrogens (tertiary/aromatic N) is 2. The Bertz CT molecular complexity index is 1480. The Morgan fingerprint density at radius 1 is 0.784 bits per heavy atom. The van der Waals surface area contributed by atoms with Gasteiger partial charge < -0.3 is 9.15 Å². The number of hydrogen-bond acceptors (Lipinski definition) is 6. The zero-order valence-electron chi connectivity index (χ0n) is 19.7. The van der Waals surface area contributed by atoms with Crippen LogP contribution < -0.4 is 9.80 Å². The second kappa shape index (κ2) is 10.0. The van der Waals surface area contributed by atoms with Gasteiger partial charge in [0.2, 0.25) is 0 Å². The molecule has 0 atom stereocenters. The number of benzene rings is 3. The number of anilines is 2. The molecule has 7 nitrogen and oxygen atoms in total. The summed E-state index contributed by atoms with van der Waals surface area (Å²) in [5, 5.41) is 0.0525. The van der Waals surface area contributed by atoms with Crippen LogP contribution in [0.3, 0.4) is 0 Å². The van der Waals surface area contributed by atoms with Crippen molar-refractivity contribution in [2.45, 2.75) is 0 Å². The second-order valence-electron chi connectivity index (χ2n) is 8.03. The number of ether oxygens (including phenoxy) is 1. The van der Waals surface area contributed by atoms with Crippen LogP contribution in [0.1, 0.15) is 16.1 Å². The van der Waals surface area contributed by atoms with Crippen molar-refractivity contribution in [1.82, 2.24) is 0 Å². The SMILES string of the molecule is COC(=O)c1ccccc1-c1ccc(C=C2C(=O)N(c3ccccc3)C(=S)N(c3ccccc3)C2=O)o1. The minimum absolute atomic E-state index is 0.0525. The van der Waals surface area contributed by atoms with Gasteiger partial charge in [-0.15, -0.1) is 0 Å². The molecule has 0 unspecified atom stereocenters. The fraction of sp³-hybridized carbons (Fsp3) is 0.0345. The van der Waals surface area contributed by atoms with Crippen LogP contribution in [0.25, 0.3) is 17.4 Å². The van der Waals surface area contributed by atoms with Crippen LogP contribution in [-0.2, 0) is 14.3 Å². The van der Waals surface area contributed by atoms with Crippen molar-refractivity contribution in [1.29, 1.82) is 0 Å². The zero-order chi connectivity index (χ0) is 25.9. The predicted octanol–water partition coefficient (Wildman–Crippen LogP) is 5.48. The van der Waals surface area contributed by atoms with Crippen molar-refractivity contribution in [3.63, 3.8) is 0 Å². The first-order valence-corrected chi connectivity index (χ1v) is 11.7. The van der Waals surface area contributed by atoms with Gasteiger partial charge in [0.25, 0.3) is 11.8 Å². The summed E-state index contributed by atoms with van der Waals surface area (Å²) in [5.41, 5.74) is 1.80. The molecule has 4 aromatic rings. The molecule has 2 amide bonds. The predicted molar refractivity (Wildman–Crippen MR) is 144 cm³/mol. The monoisotopic (exact) mass is 508 g/mol. The molecule has 3 aromatic carbocycles. The molecule has 0 N–H and O–H groups in total. The molecule has 0 spiro atoms. The molecule has 0 bridgehead atoms. The lowest BCUT2D eigenvalue weighted by Gasteiger charge is -2.36. The van der Waals surface area contributed by atoms with E-state index in [-0.39, 0.29) is 16.4 Å². The van der Waals surface area contributed by atoms with Crippen molar-refractivity contribution in [2.24, 2.45) is 0 Å². The number of rotatable bonds is 5. The van der Waals surface area contributed by atoms with Gasteiger partial charge in [0.05, 0.1) is 24.0 Å². The molecular formula is C29H20N2O5S. The van der Waals surface area contributed by atoms with Gasteiger partial charge in [-0.05, 0) is 60.8 Å². The van der Waals surface area contributed by atoms with Gasteiger partial charge in [-0.3, -0.25) is 19.4 Å². The third kappa shape index (κ3) is 4.46. The summed E-state index contributed by atoms with van der Waals surface area (Å²) in [6.45, 7) is 0. The van der Waals surface area contributed by atoms with Crippen LogP contribution in [-0.4, -0.2) is 30.0 Å². The number of para-hydroxylation sites is 2. The summed E-state index contributed by atoms with van der Waals surface area (Å²) < 4.78 is 10.8. The largest absolute Gasteiger partial charge is 0.465 e. The first kappa shape index (κ1) is 23.9. The maximum absolute atomic E-state index is 13.6. The number of methoxy groups -OCH3 is 1. The Balaban J connectivity index is 1.59. The molecule has 1 aliphatic heterocycles. The van der Waals surface area contributed by atoms with Crippen molar-refractivity contribution in [3.05, 3.63) is 114 Å². The highest BCUT2D eigenvalue weighted by Gasteiger charge is 2.41. The topological polar surface area (TPSA) is 80.1 Å². The Hall–Kier alpha value is -4.82. The number of furan rings is 1. The van der Waals surface area contributed by atoms with Gasteiger partial charge in [0, 0.05) is 5.56 Å². The molecule has 1 saturated heterocycles. The minimum atomic E-state index is -0.568. The van der Waals surface area contributed by atoms with Crippen molar-refractivity contribution >= 4 is 52.6 Å². The molecule has 2 heterocycles. The van der Waals surface area contributed by atoms with Gasteiger partial charge in [-0.2, -0.15) is 0 Å².